The molecule has 3 nitrogen and oxygen atoms in total. The van der Waals surface area contributed by atoms with Crippen LogP contribution in [-0.4, -0.2) is 11.0 Å². The van der Waals surface area contributed by atoms with E-state index in [1.807, 2.05) is 0 Å². The van der Waals surface area contributed by atoms with E-state index < -0.39 is 41.0 Å². The number of hydrogen-bond donors (Lipinski definition) is 0. The molecule has 4 rings (SSSR count). The molecule has 2 aromatic carbocycles. The summed E-state index contributed by atoms with van der Waals surface area (Å²) in [6.45, 7) is 3.21. The molecular weight excluding hydrogens is 526 g/mol. The summed E-state index contributed by atoms with van der Waals surface area (Å²) in [5.41, 5.74) is 1.21. The molecule has 38 heavy (non-hydrogen) atoms. The SMILES string of the molecule is CCc1c(F)ccc(F)c1F.Cc1ccc(C(F)(F)F)cn1.O=C([O-])c1cc(C2=CCCC2)ccc1F.[Na+]. The van der Waals surface area contributed by atoms with Crippen LogP contribution in [0, 0.1) is 30.2 Å². The van der Waals surface area contributed by atoms with E-state index in [2.05, 4.69) is 11.1 Å². The van der Waals surface area contributed by atoms with E-state index in [0.717, 1.165) is 54.8 Å². The summed E-state index contributed by atoms with van der Waals surface area (Å²) >= 11 is 0. The maximum Gasteiger partial charge on any atom is 1.00 e. The number of aryl methyl sites for hydroxylation is 1. The van der Waals surface area contributed by atoms with Gasteiger partial charge < -0.3 is 9.90 Å². The number of aromatic carboxylic acids is 1. The van der Waals surface area contributed by atoms with Crippen LogP contribution in [0.5, 0.6) is 0 Å². The van der Waals surface area contributed by atoms with E-state index in [0.29, 0.717) is 5.69 Å². The molecular formula is C27H23F7NNaO2. The van der Waals surface area contributed by atoms with Crippen molar-refractivity contribution in [3.63, 3.8) is 0 Å². The number of aromatic nitrogens is 1. The van der Waals surface area contributed by atoms with Crippen LogP contribution >= 0.6 is 0 Å². The van der Waals surface area contributed by atoms with Crippen molar-refractivity contribution in [2.75, 3.05) is 0 Å². The van der Waals surface area contributed by atoms with Crippen molar-refractivity contribution in [1.82, 2.24) is 4.98 Å². The largest absolute Gasteiger partial charge is 1.00 e. The molecule has 198 valence electrons. The van der Waals surface area contributed by atoms with Gasteiger partial charge in [0, 0.05) is 23.0 Å². The Hall–Kier alpha value is -2.69. The molecule has 1 aliphatic carbocycles. The van der Waals surface area contributed by atoms with Gasteiger partial charge in [-0.1, -0.05) is 19.1 Å². The number of carboxylic acids is 1. The van der Waals surface area contributed by atoms with Crippen molar-refractivity contribution in [3.8, 4) is 0 Å². The molecule has 0 unspecified atom stereocenters. The Kier molecular flexibility index (Phi) is 13.2. The number of halogens is 7. The fraction of sp³-hybridized carbons (Fsp3) is 0.259. The number of alkyl halides is 3. The third kappa shape index (κ3) is 9.56. The number of pyridine rings is 1. The van der Waals surface area contributed by atoms with Gasteiger partial charge in [0.25, 0.3) is 0 Å². The first-order valence-electron chi connectivity index (χ1n) is 11.2. The summed E-state index contributed by atoms with van der Waals surface area (Å²) in [6, 6.07) is 8.20. The minimum atomic E-state index is -4.28. The number of carbonyl (C=O) groups excluding carboxylic acids is 1. The Morgan fingerprint density at radius 3 is 2.08 bits per heavy atom. The smallest absolute Gasteiger partial charge is 0.545 e. The fourth-order valence-corrected chi connectivity index (χ4v) is 3.34. The van der Waals surface area contributed by atoms with Crippen LogP contribution in [0.15, 0.2) is 54.7 Å². The van der Waals surface area contributed by atoms with Crippen LogP contribution in [0.2, 0.25) is 0 Å². The third-order valence-corrected chi connectivity index (χ3v) is 5.33. The number of carboxylic acid groups (broad SMARTS) is 1. The number of nitrogens with zero attached hydrogens (tertiary/aromatic N) is 1. The average molecular weight is 549 g/mol. The van der Waals surface area contributed by atoms with Gasteiger partial charge >= 0.3 is 35.7 Å². The van der Waals surface area contributed by atoms with Crippen LogP contribution in [-0.2, 0) is 12.6 Å². The number of allylic oxidation sites excluding steroid dienone is 2. The molecule has 0 saturated heterocycles. The van der Waals surface area contributed by atoms with Gasteiger partial charge in [0.2, 0.25) is 0 Å². The molecule has 0 fully saturated rings. The summed E-state index contributed by atoms with van der Waals surface area (Å²) in [7, 11) is 0. The summed E-state index contributed by atoms with van der Waals surface area (Å²) in [6.07, 6.45) is 1.79. The van der Waals surface area contributed by atoms with Gasteiger partial charge in [-0.05, 0) is 80.1 Å². The van der Waals surface area contributed by atoms with Crippen LogP contribution in [0.1, 0.15) is 58.9 Å². The first-order chi connectivity index (χ1) is 17.3. The molecule has 1 heterocycles. The predicted molar refractivity (Wildman–Crippen MR) is 122 cm³/mol. The maximum atomic E-state index is 13.1. The van der Waals surface area contributed by atoms with Gasteiger partial charge in [0.1, 0.15) is 11.6 Å². The van der Waals surface area contributed by atoms with E-state index in [-0.39, 0.29) is 47.1 Å². The van der Waals surface area contributed by atoms with Crippen molar-refractivity contribution in [2.24, 2.45) is 0 Å². The summed E-state index contributed by atoms with van der Waals surface area (Å²) in [5, 5.41) is 10.6. The van der Waals surface area contributed by atoms with Gasteiger partial charge in [-0.2, -0.15) is 13.2 Å². The van der Waals surface area contributed by atoms with Gasteiger partial charge in [-0.3, -0.25) is 4.98 Å². The van der Waals surface area contributed by atoms with Crippen molar-refractivity contribution in [3.05, 3.63) is 106 Å². The molecule has 0 bridgehead atoms. The molecule has 1 aliphatic rings. The normalized spacial score (nSPS) is 12.3. The second kappa shape index (κ2) is 15.0. The molecule has 3 aromatic rings. The molecule has 11 heteroatoms. The predicted octanol–water partition coefficient (Wildman–Crippen LogP) is 3.84. The van der Waals surface area contributed by atoms with Gasteiger partial charge in [0.05, 0.1) is 11.5 Å². The van der Waals surface area contributed by atoms with E-state index in [9.17, 15) is 40.6 Å². The van der Waals surface area contributed by atoms with Gasteiger partial charge in [-0.25, -0.2) is 17.6 Å². The first-order valence-corrected chi connectivity index (χ1v) is 11.2. The van der Waals surface area contributed by atoms with E-state index in [4.69, 9.17) is 0 Å². The number of benzene rings is 2. The van der Waals surface area contributed by atoms with E-state index >= 15 is 0 Å². The van der Waals surface area contributed by atoms with Crippen LogP contribution in [0.3, 0.4) is 0 Å². The van der Waals surface area contributed by atoms with E-state index in [1.54, 1.807) is 19.9 Å². The Balaban J connectivity index is 0.000000287. The third-order valence-electron chi connectivity index (χ3n) is 5.33. The molecule has 1 aromatic heterocycles. The summed E-state index contributed by atoms with van der Waals surface area (Å²) < 4.78 is 86.4. The molecule has 0 atom stereocenters. The van der Waals surface area contributed by atoms with Crippen LogP contribution < -0.4 is 34.7 Å². The quantitative estimate of drug-likeness (QED) is 0.284. The second-order valence-electron chi connectivity index (χ2n) is 7.96. The minimum Gasteiger partial charge on any atom is -0.545 e. The summed E-state index contributed by atoms with van der Waals surface area (Å²) in [5.74, 6) is -4.97. The first kappa shape index (κ1) is 33.3. The number of rotatable bonds is 3. The second-order valence-corrected chi connectivity index (χ2v) is 7.96. The zero-order chi connectivity index (χ0) is 27.8. The Morgan fingerprint density at radius 2 is 1.61 bits per heavy atom. The Bertz CT molecular complexity index is 1260. The molecule has 0 spiro atoms. The average Bonchev–Trinajstić information content (AvgIpc) is 3.38. The minimum absolute atomic E-state index is 0. The van der Waals surface area contributed by atoms with Crippen molar-refractivity contribution in [1.29, 1.82) is 0 Å². The number of hydrogen-bond acceptors (Lipinski definition) is 3. The Labute approximate surface area is 237 Å². The van der Waals surface area contributed by atoms with E-state index in [1.165, 1.54) is 18.2 Å². The monoisotopic (exact) mass is 549 g/mol. The van der Waals surface area contributed by atoms with Crippen molar-refractivity contribution >= 4 is 11.5 Å². The fourth-order valence-electron chi connectivity index (χ4n) is 3.34. The van der Waals surface area contributed by atoms with Crippen molar-refractivity contribution in [2.45, 2.75) is 45.7 Å². The molecule has 0 N–H and O–H groups in total. The van der Waals surface area contributed by atoms with Crippen molar-refractivity contribution < 1.29 is 70.2 Å². The van der Waals surface area contributed by atoms with Gasteiger partial charge in [0.15, 0.2) is 11.6 Å². The molecule has 0 amide bonds. The molecule has 0 aliphatic heterocycles. The zero-order valence-corrected chi connectivity index (χ0v) is 22.9. The Morgan fingerprint density at radius 1 is 0.974 bits per heavy atom. The van der Waals surface area contributed by atoms with Gasteiger partial charge in [-0.15, -0.1) is 0 Å². The molecule has 0 radical (unpaired) electrons. The molecule has 0 saturated carbocycles. The zero-order valence-electron chi connectivity index (χ0n) is 20.9. The summed E-state index contributed by atoms with van der Waals surface area (Å²) in [4.78, 5) is 14.1. The topological polar surface area (TPSA) is 53.0 Å². The standard InChI is InChI=1S/C12H11FO2.C8H7F3.C7H6F3N.Na/c13-11-6-5-9(7-10(11)12(14)15)8-3-1-2-4-8;1-2-5-6(9)3-4-7(10)8(5)11;1-5-2-3-6(4-11-5)7(8,9)10;/h3,5-7H,1-2,4H2,(H,14,15);3-4H,2H2,1H3;2-4H,1H3;/q;;;+1/p-1. The number of carbonyl (C=O) groups is 1. The van der Waals surface area contributed by atoms with Crippen LogP contribution in [0.4, 0.5) is 30.7 Å². The van der Waals surface area contributed by atoms with Crippen LogP contribution in [0.25, 0.3) is 5.57 Å². The maximum absolute atomic E-state index is 13.1.